The van der Waals surface area contributed by atoms with Gasteiger partial charge in [-0.1, -0.05) is 30.0 Å². The van der Waals surface area contributed by atoms with Crippen molar-refractivity contribution >= 4 is 40.5 Å². The Kier molecular flexibility index (Phi) is 7.92. The van der Waals surface area contributed by atoms with E-state index in [0.717, 1.165) is 11.8 Å². The van der Waals surface area contributed by atoms with Crippen molar-refractivity contribution in [3.8, 4) is 0 Å². The molecule has 1 aromatic rings. The summed E-state index contributed by atoms with van der Waals surface area (Å²) in [4.78, 5) is 34.6. The highest BCUT2D eigenvalue weighted by Crippen LogP contribution is 2.12. The lowest BCUT2D eigenvalue weighted by Crippen LogP contribution is -2.40. The van der Waals surface area contributed by atoms with Crippen molar-refractivity contribution in [3.05, 3.63) is 35.9 Å². The third kappa shape index (κ3) is 6.68. The molecule has 5 nitrogen and oxygen atoms in total. The molecule has 1 rings (SSSR count). The fraction of sp³-hybridized carbons (Fsp3) is 0.357. The molecule has 114 valence electrons. The molecule has 7 heteroatoms. The minimum absolute atomic E-state index is 0.296. The van der Waals surface area contributed by atoms with Crippen molar-refractivity contribution in [2.75, 3.05) is 17.8 Å². The Bertz CT molecular complexity index is 493. The highest BCUT2D eigenvalue weighted by Gasteiger charge is 2.22. The molecule has 0 spiro atoms. The number of aliphatic carboxylic acids is 1. The van der Waals surface area contributed by atoms with E-state index in [4.69, 9.17) is 5.11 Å². The predicted octanol–water partition coefficient (Wildman–Crippen LogP) is 1.88. The van der Waals surface area contributed by atoms with Crippen LogP contribution in [0.5, 0.6) is 0 Å². The predicted molar refractivity (Wildman–Crippen MR) is 85.8 cm³/mol. The number of carbonyl (C=O) groups is 3. The number of nitrogens with one attached hydrogen (secondary N) is 1. The van der Waals surface area contributed by atoms with Crippen LogP contribution < -0.4 is 5.32 Å². The Balaban J connectivity index is 2.66. The number of thioether (sulfide) groups is 2. The summed E-state index contributed by atoms with van der Waals surface area (Å²) in [6, 6.07) is 7.94. The van der Waals surface area contributed by atoms with E-state index in [-0.39, 0.29) is 16.8 Å². The van der Waals surface area contributed by atoms with Gasteiger partial charge in [-0.05, 0) is 30.6 Å². The van der Waals surface area contributed by atoms with E-state index in [9.17, 15) is 14.4 Å². The van der Waals surface area contributed by atoms with Gasteiger partial charge in [0.25, 0.3) is 5.91 Å². The number of carboxylic acid groups (broad SMARTS) is 1. The van der Waals surface area contributed by atoms with Crippen LogP contribution in [0.15, 0.2) is 30.3 Å². The highest BCUT2D eigenvalue weighted by molar-refractivity contribution is 8.14. The molecule has 0 saturated heterocycles. The first kappa shape index (κ1) is 17.6. The monoisotopic (exact) mass is 327 g/mol. The third-order valence-electron chi connectivity index (χ3n) is 2.57. The highest BCUT2D eigenvalue weighted by atomic mass is 32.2. The van der Waals surface area contributed by atoms with Gasteiger partial charge >= 0.3 is 5.97 Å². The van der Waals surface area contributed by atoms with E-state index in [2.05, 4.69) is 5.32 Å². The molecule has 1 aromatic carbocycles. The van der Waals surface area contributed by atoms with E-state index < -0.39 is 12.0 Å². The minimum Gasteiger partial charge on any atom is -0.481 e. The number of hydrogen-bond donors (Lipinski definition) is 2. The van der Waals surface area contributed by atoms with Gasteiger partial charge in [0, 0.05) is 5.56 Å². The van der Waals surface area contributed by atoms with Crippen LogP contribution in [-0.2, 0) is 9.59 Å². The maximum Gasteiger partial charge on any atom is 0.313 e. The molecule has 1 amide bonds. The normalized spacial score (nSPS) is 11.7. The van der Waals surface area contributed by atoms with Gasteiger partial charge in [0.15, 0.2) is 0 Å². The van der Waals surface area contributed by atoms with E-state index in [0.29, 0.717) is 17.7 Å². The van der Waals surface area contributed by atoms with Gasteiger partial charge in [-0.25, -0.2) is 0 Å². The van der Waals surface area contributed by atoms with Crippen LogP contribution >= 0.6 is 23.5 Å². The first-order valence-corrected chi connectivity index (χ1v) is 8.65. The van der Waals surface area contributed by atoms with Gasteiger partial charge in [0.1, 0.15) is 0 Å². The average Bonchev–Trinajstić information content (AvgIpc) is 2.49. The molecule has 0 aliphatic carbocycles. The van der Waals surface area contributed by atoms with Crippen molar-refractivity contribution < 1.29 is 19.5 Å². The zero-order chi connectivity index (χ0) is 15.7. The second-order valence-corrected chi connectivity index (χ2v) is 6.14. The van der Waals surface area contributed by atoms with Gasteiger partial charge in [0.05, 0.1) is 11.8 Å². The SMILES string of the molecule is CSCCC(NC(=O)c1ccccc1)C(=O)SCC(=O)O. The second-order valence-electron chi connectivity index (χ2n) is 4.17. The van der Waals surface area contributed by atoms with Gasteiger partial charge in [-0.2, -0.15) is 11.8 Å². The molecule has 0 aliphatic heterocycles. The van der Waals surface area contributed by atoms with Crippen molar-refractivity contribution in [1.29, 1.82) is 0 Å². The lowest BCUT2D eigenvalue weighted by atomic mass is 10.2. The van der Waals surface area contributed by atoms with Crippen LogP contribution in [0.3, 0.4) is 0 Å². The number of carboxylic acids is 1. The maximum absolute atomic E-state index is 12.1. The largest absolute Gasteiger partial charge is 0.481 e. The first-order valence-electron chi connectivity index (χ1n) is 6.28. The lowest BCUT2D eigenvalue weighted by Gasteiger charge is -2.16. The molecule has 0 fully saturated rings. The summed E-state index contributed by atoms with van der Waals surface area (Å²) in [6.45, 7) is 0. The quantitative estimate of drug-likeness (QED) is 0.758. The van der Waals surface area contributed by atoms with Gasteiger partial charge < -0.3 is 10.4 Å². The molecular formula is C14H17NO4S2. The summed E-state index contributed by atoms with van der Waals surface area (Å²) in [5.74, 6) is -0.966. The molecule has 0 aliphatic rings. The summed E-state index contributed by atoms with van der Waals surface area (Å²) < 4.78 is 0. The fourth-order valence-electron chi connectivity index (χ4n) is 1.55. The zero-order valence-corrected chi connectivity index (χ0v) is 13.2. The summed E-state index contributed by atoms with van der Waals surface area (Å²) in [5, 5.41) is 11.0. The summed E-state index contributed by atoms with van der Waals surface area (Å²) in [7, 11) is 0. The number of carbonyl (C=O) groups excluding carboxylic acids is 2. The molecule has 0 bridgehead atoms. The third-order valence-corrected chi connectivity index (χ3v) is 4.18. The van der Waals surface area contributed by atoms with Crippen LogP contribution in [-0.4, -0.2) is 45.9 Å². The zero-order valence-electron chi connectivity index (χ0n) is 11.6. The van der Waals surface area contributed by atoms with Gasteiger partial charge in [-0.15, -0.1) is 0 Å². The first-order chi connectivity index (χ1) is 10.0. The number of hydrogen-bond acceptors (Lipinski definition) is 5. The Morgan fingerprint density at radius 2 is 1.90 bits per heavy atom. The summed E-state index contributed by atoms with van der Waals surface area (Å²) in [5.41, 5.74) is 0.475. The summed E-state index contributed by atoms with van der Waals surface area (Å²) >= 11 is 2.28. The van der Waals surface area contributed by atoms with Crippen molar-refractivity contribution in [2.24, 2.45) is 0 Å². The van der Waals surface area contributed by atoms with E-state index in [1.807, 2.05) is 6.26 Å². The van der Waals surface area contributed by atoms with Crippen molar-refractivity contribution in [1.82, 2.24) is 5.32 Å². The molecule has 1 atom stereocenters. The summed E-state index contributed by atoms with van der Waals surface area (Å²) in [6.07, 6.45) is 2.39. The van der Waals surface area contributed by atoms with Crippen LogP contribution in [0.25, 0.3) is 0 Å². The molecular weight excluding hydrogens is 310 g/mol. The van der Waals surface area contributed by atoms with Crippen molar-refractivity contribution in [2.45, 2.75) is 12.5 Å². The number of benzene rings is 1. The van der Waals surface area contributed by atoms with Crippen molar-refractivity contribution in [3.63, 3.8) is 0 Å². The maximum atomic E-state index is 12.1. The average molecular weight is 327 g/mol. The molecule has 0 saturated carbocycles. The van der Waals surface area contributed by atoms with E-state index in [1.165, 1.54) is 0 Å². The van der Waals surface area contributed by atoms with Gasteiger partial charge in [0.2, 0.25) is 5.12 Å². The Morgan fingerprint density at radius 1 is 1.24 bits per heavy atom. The smallest absolute Gasteiger partial charge is 0.313 e. The number of amides is 1. The molecule has 1 unspecified atom stereocenters. The topological polar surface area (TPSA) is 83.5 Å². The molecule has 0 radical (unpaired) electrons. The Hall–Kier alpha value is -1.47. The van der Waals surface area contributed by atoms with Crippen LogP contribution in [0, 0.1) is 0 Å². The molecule has 0 heterocycles. The standard InChI is InChI=1S/C14H17NO4S2/c1-20-8-7-11(14(19)21-9-12(16)17)15-13(18)10-5-3-2-4-6-10/h2-6,11H,7-9H2,1H3,(H,15,18)(H,16,17). The van der Waals surface area contributed by atoms with Crippen LogP contribution in [0.2, 0.25) is 0 Å². The molecule has 0 aromatic heterocycles. The molecule has 2 N–H and O–H groups in total. The van der Waals surface area contributed by atoms with Crippen LogP contribution in [0.1, 0.15) is 16.8 Å². The van der Waals surface area contributed by atoms with E-state index in [1.54, 1.807) is 42.1 Å². The second kappa shape index (κ2) is 9.46. The molecule has 21 heavy (non-hydrogen) atoms. The van der Waals surface area contributed by atoms with Crippen LogP contribution in [0.4, 0.5) is 0 Å². The van der Waals surface area contributed by atoms with Gasteiger partial charge in [-0.3, -0.25) is 14.4 Å². The Morgan fingerprint density at radius 3 is 2.48 bits per heavy atom. The minimum atomic E-state index is -1.05. The number of rotatable bonds is 8. The fourth-order valence-corrected chi connectivity index (χ4v) is 2.66. The van der Waals surface area contributed by atoms with E-state index >= 15 is 0 Å². The lowest BCUT2D eigenvalue weighted by molar-refractivity contribution is -0.134. The Labute approximate surface area is 131 Å².